The largest absolute Gasteiger partial charge is 0.367 e. The van der Waals surface area contributed by atoms with Crippen LogP contribution in [0.15, 0.2) is 29.2 Å². The van der Waals surface area contributed by atoms with Crippen LogP contribution in [0.25, 0.3) is 5.69 Å². The molecule has 0 radical (unpaired) electrons. The molecule has 0 aliphatic carbocycles. The molecule has 1 aromatic carbocycles. The number of morpholine rings is 1. The summed E-state index contributed by atoms with van der Waals surface area (Å²) in [6, 6.07) is 5.00. The van der Waals surface area contributed by atoms with Gasteiger partial charge in [-0.15, -0.1) is 0 Å². The average Bonchev–Trinajstić information content (AvgIpc) is 2.60. The molecule has 2 heterocycles. The zero-order valence-electron chi connectivity index (χ0n) is 12.8. The fraction of sp³-hybridized carbons (Fsp3) is 0.267. The molecule has 25 heavy (non-hydrogen) atoms. The van der Waals surface area contributed by atoms with Gasteiger partial charge in [0, 0.05) is 6.54 Å². The number of anilines is 1. The zero-order valence-corrected chi connectivity index (χ0v) is 15.1. The summed E-state index contributed by atoms with van der Waals surface area (Å²) in [6.45, 7) is 1.23. The number of aromatic nitrogens is 2. The molecule has 7 nitrogen and oxygen atoms in total. The number of carbonyl (C=O) groups is 1. The molecule has 1 amide bonds. The second-order valence-corrected chi connectivity index (χ2v) is 6.56. The lowest BCUT2D eigenvalue weighted by molar-refractivity contribution is -0.130. The molecule has 1 aliphatic heterocycles. The molecule has 132 valence electrons. The highest BCUT2D eigenvalue weighted by Crippen LogP contribution is 2.29. The highest BCUT2D eigenvalue weighted by atomic mass is 35.5. The van der Waals surface area contributed by atoms with E-state index in [1.807, 2.05) is 4.90 Å². The summed E-state index contributed by atoms with van der Waals surface area (Å²) in [5.41, 5.74) is 5.90. The molecule has 0 saturated carbocycles. The van der Waals surface area contributed by atoms with E-state index in [9.17, 15) is 9.59 Å². The maximum atomic E-state index is 12.2. The minimum atomic E-state index is -0.691. The first kappa shape index (κ1) is 18.0. The van der Waals surface area contributed by atoms with Crippen molar-refractivity contribution >= 4 is 46.4 Å². The SMILES string of the molecule is NC(=O)C1CN(c2ccc(-n3ncc(Cl)c(Cl)c3=O)cc2Cl)CCO1. The van der Waals surface area contributed by atoms with Gasteiger partial charge in [0.15, 0.2) is 6.10 Å². The van der Waals surface area contributed by atoms with Crippen LogP contribution in [0.1, 0.15) is 0 Å². The van der Waals surface area contributed by atoms with Crippen molar-refractivity contribution in [3.8, 4) is 5.69 Å². The molecule has 1 saturated heterocycles. The van der Waals surface area contributed by atoms with E-state index in [1.54, 1.807) is 18.2 Å². The summed E-state index contributed by atoms with van der Waals surface area (Å²) in [7, 11) is 0. The topological polar surface area (TPSA) is 90.5 Å². The average molecular weight is 404 g/mol. The van der Waals surface area contributed by atoms with E-state index in [1.165, 1.54) is 6.20 Å². The molecule has 2 N–H and O–H groups in total. The van der Waals surface area contributed by atoms with E-state index in [2.05, 4.69) is 5.10 Å². The smallest absolute Gasteiger partial charge is 0.291 e. The monoisotopic (exact) mass is 402 g/mol. The molecule has 1 atom stereocenters. The van der Waals surface area contributed by atoms with Crippen molar-refractivity contribution in [2.24, 2.45) is 5.73 Å². The maximum absolute atomic E-state index is 12.2. The second kappa shape index (κ2) is 7.21. The predicted octanol–water partition coefficient (Wildman–Crippen LogP) is 1.88. The van der Waals surface area contributed by atoms with Gasteiger partial charge in [0.1, 0.15) is 5.02 Å². The number of ether oxygens (including phenoxy) is 1. The highest BCUT2D eigenvalue weighted by Gasteiger charge is 2.26. The van der Waals surface area contributed by atoms with E-state index >= 15 is 0 Å². The molecule has 0 spiro atoms. The molecule has 3 rings (SSSR count). The molecule has 2 aromatic rings. The summed E-state index contributed by atoms with van der Waals surface area (Å²) >= 11 is 18.0. The summed E-state index contributed by atoms with van der Waals surface area (Å²) in [4.78, 5) is 25.4. The van der Waals surface area contributed by atoms with Crippen molar-refractivity contribution < 1.29 is 9.53 Å². The quantitative estimate of drug-likeness (QED) is 0.845. The first-order valence-corrected chi connectivity index (χ1v) is 8.41. The summed E-state index contributed by atoms with van der Waals surface area (Å²) in [5, 5.41) is 4.32. The third-order valence-corrected chi connectivity index (χ3v) is 4.83. The molecule has 1 aromatic heterocycles. The number of carbonyl (C=O) groups excluding carboxylic acids is 1. The Labute approximate surface area is 157 Å². The number of hydrogen-bond acceptors (Lipinski definition) is 5. The van der Waals surface area contributed by atoms with Crippen LogP contribution in [0.5, 0.6) is 0 Å². The third-order valence-electron chi connectivity index (χ3n) is 3.78. The van der Waals surface area contributed by atoms with Crippen LogP contribution < -0.4 is 16.2 Å². The number of nitrogens with two attached hydrogens (primary N) is 1. The van der Waals surface area contributed by atoms with Gasteiger partial charge in [-0.25, -0.2) is 0 Å². The fourth-order valence-corrected chi connectivity index (χ4v) is 3.07. The van der Waals surface area contributed by atoms with E-state index in [4.69, 9.17) is 45.3 Å². The Kier molecular flexibility index (Phi) is 5.19. The molecule has 0 bridgehead atoms. The summed E-state index contributed by atoms with van der Waals surface area (Å²) in [6.07, 6.45) is 0.593. The number of hydrogen-bond donors (Lipinski definition) is 1. The van der Waals surface area contributed by atoms with Crippen LogP contribution in [0.2, 0.25) is 15.1 Å². The first-order chi connectivity index (χ1) is 11.9. The number of nitrogens with zero attached hydrogens (tertiary/aromatic N) is 3. The standard InChI is InChI=1S/C15H13Cl3N4O3/c16-9-5-8(22-15(24)13(18)10(17)6-20-22)1-2-11(9)21-3-4-25-12(7-21)14(19)23/h1-2,5-6,12H,3-4,7H2,(H2,19,23). The van der Waals surface area contributed by atoms with Crippen molar-refractivity contribution in [1.82, 2.24) is 9.78 Å². The third kappa shape index (κ3) is 3.59. The van der Waals surface area contributed by atoms with Crippen molar-refractivity contribution in [2.75, 3.05) is 24.6 Å². The lowest BCUT2D eigenvalue weighted by Crippen LogP contribution is -2.48. The van der Waals surface area contributed by atoms with Gasteiger partial charge in [-0.1, -0.05) is 34.8 Å². The van der Waals surface area contributed by atoms with Crippen molar-refractivity contribution in [3.63, 3.8) is 0 Å². The van der Waals surface area contributed by atoms with Crippen LogP contribution in [0.4, 0.5) is 5.69 Å². The summed E-state index contributed by atoms with van der Waals surface area (Å²) < 4.78 is 6.43. The van der Waals surface area contributed by atoms with Gasteiger partial charge in [-0.2, -0.15) is 9.78 Å². The Balaban J connectivity index is 1.93. The van der Waals surface area contributed by atoms with Gasteiger partial charge in [0.05, 0.1) is 40.8 Å². The minimum Gasteiger partial charge on any atom is -0.367 e. The van der Waals surface area contributed by atoms with Crippen LogP contribution in [0.3, 0.4) is 0 Å². The van der Waals surface area contributed by atoms with Gasteiger partial charge in [0.2, 0.25) is 5.91 Å². The Hall–Kier alpha value is -1.80. The number of benzene rings is 1. The van der Waals surface area contributed by atoms with Gasteiger partial charge < -0.3 is 15.4 Å². The van der Waals surface area contributed by atoms with E-state index < -0.39 is 17.6 Å². The maximum Gasteiger partial charge on any atom is 0.291 e. The van der Waals surface area contributed by atoms with Crippen LogP contribution in [-0.4, -0.2) is 41.5 Å². The lowest BCUT2D eigenvalue weighted by Gasteiger charge is -2.33. The van der Waals surface area contributed by atoms with Gasteiger partial charge >= 0.3 is 0 Å². The molecule has 1 unspecified atom stereocenters. The predicted molar refractivity (Wildman–Crippen MR) is 96.0 cm³/mol. The Morgan fingerprint density at radius 1 is 1.28 bits per heavy atom. The first-order valence-electron chi connectivity index (χ1n) is 7.27. The Morgan fingerprint density at radius 2 is 2.04 bits per heavy atom. The second-order valence-electron chi connectivity index (χ2n) is 5.37. The number of rotatable bonds is 3. The molecule has 1 aliphatic rings. The lowest BCUT2D eigenvalue weighted by atomic mass is 10.2. The number of primary amides is 1. The van der Waals surface area contributed by atoms with Crippen LogP contribution >= 0.6 is 34.8 Å². The number of halogens is 3. The Morgan fingerprint density at radius 3 is 2.72 bits per heavy atom. The molecular formula is C15H13Cl3N4O3. The van der Waals surface area contributed by atoms with E-state index in [-0.39, 0.29) is 10.0 Å². The summed E-state index contributed by atoms with van der Waals surface area (Å²) in [5.74, 6) is -0.524. The van der Waals surface area contributed by atoms with Gasteiger partial charge in [-0.3, -0.25) is 9.59 Å². The molecule has 1 fully saturated rings. The van der Waals surface area contributed by atoms with Gasteiger partial charge in [0.25, 0.3) is 5.56 Å². The minimum absolute atomic E-state index is 0.0800. The highest BCUT2D eigenvalue weighted by molar-refractivity contribution is 6.41. The number of amides is 1. The zero-order chi connectivity index (χ0) is 18.1. The van der Waals surface area contributed by atoms with Crippen LogP contribution in [-0.2, 0) is 9.53 Å². The Bertz CT molecular complexity index is 887. The molecular weight excluding hydrogens is 391 g/mol. The van der Waals surface area contributed by atoms with Gasteiger partial charge in [-0.05, 0) is 18.2 Å². The fourth-order valence-electron chi connectivity index (χ4n) is 2.52. The normalized spacial score (nSPS) is 17.6. The molecule has 10 heteroatoms. The van der Waals surface area contributed by atoms with Crippen molar-refractivity contribution in [1.29, 1.82) is 0 Å². The van der Waals surface area contributed by atoms with Crippen molar-refractivity contribution in [3.05, 3.63) is 49.8 Å². The van der Waals surface area contributed by atoms with Crippen LogP contribution in [0, 0.1) is 0 Å². The van der Waals surface area contributed by atoms with Crippen molar-refractivity contribution in [2.45, 2.75) is 6.10 Å². The van der Waals surface area contributed by atoms with E-state index in [0.717, 1.165) is 4.68 Å². The van der Waals surface area contributed by atoms with E-state index in [0.29, 0.717) is 36.1 Å².